The number of aromatic hydroxyl groups is 1. The monoisotopic (exact) mass is 507 g/mol. The molecule has 3 rings (SSSR count). The highest BCUT2D eigenvalue weighted by atomic mass is 35.5. The van der Waals surface area contributed by atoms with Crippen molar-refractivity contribution in [3.63, 3.8) is 0 Å². The molecule has 33 heavy (non-hydrogen) atoms. The van der Waals surface area contributed by atoms with Crippen LogP contribution in [0.1, 0.15) is 5.56 Å². The summed E-state index contributed by atoms with van der Waals surface area (Å²) in [4.78, 5) is 12.6. The van der Waals surface area contributed by atoms with Gasteiger partial charge in [0, 0.05) is 0 Å². The van der Waals surface area contributed by atoms with Gasteiger partial charge in [0.15, 0.2) is 11.5 Å². The number of hydrazone groups is 1. The second-order valence-electron chi connectivity index (χ2n) is 6.65. The summed E-state index contributed by atoms with van der Waals surface area (Å²) >= 11 is 12.0. The Morgan fingerprint density at radius 2 is 1.82 bits per heavy atom. The Kier molecular flexibility index (Phi) is 7.80. The number of ether oxygens (including phenoxy) is 1. The lowest BCUT2D eigenvalue weighted by Gasteiger charge is -2.24. The minimum atomic E-state index is -4.10. The molecule has 8 nitrogen and oxygen atoms in total. The first-order valence-corrected chi connectivity index (χ1v) is 11.6. The number of rotatable bonds is 8. The summed E-state index contributed by atoms with van der Waals surface area (Å²) in [6.45, 7) is -0.564. The highest BCUT2D eigenvalue weighted by Crippen LogP contribution is 2.30. The number of benzene rings is 3. The molecule has 0 fully saturated rings. The van der Waals surface area contributed by atoms with Crippen molar-refractivity contribution in [2.24, 2.45) is 5.10 Å². The van der Waals surface area contributed by atoms with Crippen LogP contribution in [0.3, 0.4) is 0 Å². The minimum absolute atomic E-state index is 0.00330. The molecule has 0 spiro atoms. The lowest BCUT2D eigenvalue weighted by Crippen LogP contribution is -2.39. The predicted molar refractivity (Wildman–Crippen MR) is 128 cm³/mol. The van der Waals surface area contributed by atoms with Crippen molar-refractivity contribution >= 4 is 51.0 Å². The number of amides is 1. The highest BCUT2D eigenvalue weighted by Gasteiger charge is 2.27. The molecule has 11 heteroatoms. The quantitative estimate of drug-likeness (QED) is 0.353. The maximum absolute atomic E-state index is 13.3. The summed E-state index contributed by atoms with van der Waals surface area (Å²) in [5, 5.41) is 13.9. The average molecular weight is 508 g/mol. The number of halogens is 2. The van der Waals surface area contributed by atoms with Gasteiger partial charge in [-0.1, -0.05) is 41.4 Å². The first-order valence-electron chi connectivity index (χ1n) is 9.44. The van der Waals surface area contributed by atoms with Crippen LogP contribution in [-0.2, 0) is 14.8 Å². The van der Waals surface area contributed by atoms with E-state index in [0.29, 0.717) is 5.56 Å². The van der Waals surface area contributed by atoms with Gasteiger partial charge < -0.3 is 9.84 Å². The summed E-state index contributed by atoms with van der Waals surface area (Å²) in [5.74, 6) is -0.491. The minimum Gasteiger partial charge on any atom is -0.504 e. The standard InChI is InChI=1S/C22H19Cl2N3O5S/c1-32-21-11-15(7-10-20(21)28)13-25-26-22(29)14-27(16-8-9-18(23)19(24)12-16)33(30,31)17-5-3-2-4-6-17/h2-13,28H,14H2,1H3,(H,26,29)/b25-13-. The topological polar surface area (TPSA) is 108 Å². The number of phenols is 1. The second kappa shape index (κ2) is 10.6. The van der Waals surface area contributed by atoms with Crippen LogP contribution in [0.2, 0.25) is 10.0 Å². The third-order valence-corrected chi connectivity index (χ3v) is 6.94. The van der Waals surface area contributed by atoms with Crippen molar-refractivity contribution in [3.8, 4) is 11.5 Å². The van der Waals surface area contributed by atoms with Gasteiger partial charge in [-0.2, -0.15) is 5.10 Å². The van der Waals surface area contributed by atoms with Crippen LogP contribution in [0.5, 0.6) is 11.5 Å². The summed E-state index contributed by atoms with van der Waals surface area (Å²) in [6, 6.07) is 16.5. The number of methoxy groups -OCH3 is 1. The number of carbonyl (C=O) groups excluding carboxylic acids is 1. The van der Waals surface area contributed by atoms with Crippen molar-refractivity contribution in [1.29, 1.82) is 0 Å². The Morgan fingerprint density at radius 1 is 1.09 bits per heavy atom. The zero-order valence-corrected chi connectivity index (χ0v) is 19.6. The number of carbonyl (C=O) groups is 1. The van der Waals surface area contributed by atoms with E-state index in [4.69, 9.17) is 27.9 Å². The molecule has 1 amide bonds. The van der Waals surface area contributed by atoms with Gasteiger partial charge >= 0.3 is 0 Å². The number of nitrogens with one attached hydrogen (secondary N) is 1. The maximum Gasteiger partial charge on any atom is 0.264 e. The van der Waals surface area contributed by atoms with E-state index in [2.05, 4.69) is 10.5 Å². The summed E-state index contributed by atoms with van der Waals surface area (Å²) in [5.41, 5.74) is 3.00. The van der Waals surface area contributed by atoms with E-state index in [1.165, 1.54) is 55.8 Å². The molecule has 0 unspecified atom stereocenters. The predicted octanol–water partition coefficient (Wildman–Crippen LogP) is 4.05. The van der Waals surface area contributed by atoms with Crippen LogP contribution in [0.15, 0.2) is 76.7 Å². The Morgan fingerprint density at radius 3 is 2.48 bits per heavy atom. The van der Waals surface area contributed by atoms with Crippen molar-refractivity contribution in [3.05, 3.63) is 82.3 Å². The Bertz CT molecular complexity index is 1280. The number of anilines is 1. The van der Waals surface area contributed by atoms with Gasteiger partial charge in [-0.3, -0.25) is 9.10 Å². The molecule has 172 valence electrons. The molecule has 0 aliphatic heterocycles. The van der Waals surface area contributed by atoms with Crippen LogP contribution in [0.4, 0.5) is 5.69 Å². The van der Waals surface area contributed by atoms with Crippen LogP contribution in [-0.4, -0.2) is 39.3 Å². The number of hydrogen-bond donors (Lipinski definition) is 2. The van der Waals surface area contributed by atoms with Gasteiger partial charge in [0.25, 0.3) is 15.9 Å². The molecular weight excluding hydrogens is 489 g/mol. The Balaban J connectivity index is 1.84. The molecule has 0 aliphatic carbocycles. The van der Waals surface area contributed by atoms with E-state index in [1.54, 1.807) is 24.3 Å². The summed E-state index contributed by atoms with van der Waals surface area (Å²) in [6.07, 6.45) is 1.33. The SMILES string of the molecule is COc1cc(/C=N\NC(=O)CN(c2ccc(Cl)c(Cl)c2)S(=O)(=O)c2ccccc2)ccc1O. The van der Waals surface area contributed by atoms with E-state index in [9.17, 15) is 18.3 Å². The zero-order valence-electron chi connectivity index (χ0n) is 17.3. The van der Waals surface area contributed by atoms with Crippen molar-refractivity contribution in [2.45, 2.75) is 4.90 Å². The summed E-state index contributed by atoms with van der Waals surface area (Å²) < 4.78 is 32.4. The first-order chi connectivity index (χ1) is 15.7. The van der Waals surface area contributed by atoms with Gasteiger partial charge in [-0.15, -0.1) is 0 Å². The van der Waals surface area contributed by atoms with E-state index in [0.717, 1.165) is 4.31 Å². The van der Waals surface area contributed by atoms with E-state index < -0.39 is 22.5 Å². The molecule has 0 atom stereocenters. The van der Waals surface area contributed by atoms with Crippen LogP contribution in [0, 0.1) is 0 Å². The van der Waals surface area contributed by atoms with Crippen LogP contribution in [0.25, 0.3) is 0 Å². The fraction of sp³-hybridized carbons (Fsp3) is 0.0909. The molecule has 0 saturated carbocycles. The van der Waals surface area contributed by atoms with Crippen LogP contribution < -0.4 is 14.5 Å². The molecule has 2 N–H and O–H groups in total. The molecule has 3 aromatic carbocycles. The molecule has 0 aromatic heterocycles. The number of phenolic OH excluding ortho intramolecular Hbond substituents is 1. The summed E-state index contributed by atoms with van der Waals surface area (Å²) in [7, 11) is -2.69. The Hall–Kier alpha value is -3.27. The normalized spacial score (nSPS) is 11.4. The third-order valence-electron chi connectivity index (χ3n) is 4.42. The van der Waals surface area contributed by atoms with E-state index >= 15 is 0 Å². The first kappa shape index (κ1) is 24.4. The molecule has 0 heterocycles. The molecule has 0 bridgehead atoms. The molecule has 0 aliphatic rings. The number of sulfonamides is 1. The van der Waals surface area contributed by atoms with Gasteiger partial charge in [0.05, 0.1) is 34.0 Å². The van der Waals surface area contributed by atoms with Crippen molar-refractivity contribution in [2.75, 3.05) is 18.0 Å². The van der Waals surface area contributed by atoms with Gasteiger partial charge in [-0.25, -0.2) is 13.8 Å². The smallest absolute Gasteiger partial charge is 0.264 e. The van der Waals surface area contributed by atoms with Crippen LogP contribution >= 0.6 is 23.2 Å². The van der Waals surface area contributed by atoms with Gasteiger partial charge in [0.1, 0.15) is 6.54 Å². The maximum atomic E-state index is 13.3. The molecule has 3 aromatic rings. The molecule has 0 saturated heterocycles. The zero-order chi connectivity index (χ0) is 24.0. The van der Waals surface area contributed by atoms with Crippen molar-refractivity contribution < 1.29 is 23.1 Å². The molecule has 0 radical (unpaired) electrons. The largest absolute Gasteiger partial charge is 0.504 e. The van der Waals surface area contributed by atoms with E-state index in [-0.39, 0.29) is 32.1 Å². The average Bonchev–Trinajstić information content (AvgIpc) is 2.81. The third kappa shape index (κ3) is 5.95. The highest BCUT2D eigenvalue weighted by molar-refractivity contribution is 7.92. The second-order valence-corrected chi connectivity index (χ2v) is 9.32. The lowest BCUT2D eigenvalue weighted by atomic mass is 10.2. The molecular formula is C22H19Cl2N3O5S. The van der Waals surface area contributed by atoms with E-state index in [1.807, 2.05) is 0 Å². The van der Waals surface area contributed by atoms with Crippen molar-refractivity contribution in [1.82, 2.24) is 5.43 Å². The fourth-order valence-electron chi connectivity index (χ4n) is 2.79. The number of hydrogen-bond acceptors (Lipinski definition) is 6. The van der Waals surface area contributed by atoms with Gasteiger partial charge in [0.2, 0.25) is 0 Å². The van der Waals surface area contributed by atoms with Gasteiger partial charge in [-0.05, 0) is 54.1 Å². The lowest BCUT2D eigenvalue weighted by molar-refractivity contribution is -0.119. The Labute approximate surface area is 201 Å². The number of nitrogens with zero attached hydrogens (tertiary/aromatic N) is 2. The fourth-order valence-corrected chi connectivity index (χ4v) is 4.52.